The summed E-state index contributed by atoms with van der Waals surface area (Å²) in [5.74, 6) is 0.938. The average Bonchev–Trinajstić information content (AvgIpc) is 2.87. The molecule has 0 unspecified atom stereocenters. The number of hydrogen-bond acceptors (Lipinski definition) is 3. The number of para-hydroxylation sites is 1. The Morgan fingerprint density at radius 2 is 2.10 bits per heavy atom. The summed E-state index contributed by atoms with van der Waals surface area (Å²) in [6.45, 7) is 3.10. The minimum atomic E-state index is 0.938. The Hall–Kier alpha value is -1.94. The second-order valence-electron chi connectivity index (χ2n) is 4.63. The van der Waals surface area contributed by atoms with E-state index >= 15 is 0 Å². The second-order valence-corrected chi connectivity index (χ2v) is 5.74. The summed E-state index contributed by atoms with van der Waals surface area (Å²) in [4.78, 5) is 8.94. The molecular weight excluding hydrogens is 266 g/mol. The highest BCUT2D eigenvalue weighted by Gasteiger charge is 2.03. The van der Waals surface area contributed by atoms with Crippen molar-refractivity contribution in [2.45, 2.75) is 23.3 Å². The van der Waals surface area contributed by atoms with Gasteiger partial charge in [-0.25, -0.2) is 4.98 Å². The van der Waals surface area contributed by atoms with Crippen molar-refractivity contribution in [2.24, 2.45) is 0 Å². The van der Waals surface area contributed by atoms with Crippen LogP contribution in [0.4, 0.5) is 5.82 Å². The van der Waals surface area contributed by atoms with Crippen molar-refractivity contribution in [1.82, 2.24) is 9.97 Å². The third-order valence-corrected chi connectivity index (χ3v) is 3.95. The lowest BCUT2D eigenvalue weighted by molar-refractivity contribution is 0.967. The summed E-state index contributed by atoms with van der Waals surface area (Å²) in [5.41, 5.74) is 1.17. The van der Waals surface area contributed by atoms with Gasteiger partial charge in [0.15, 0.2) is 0 Å². The quantitative estimate of drug-likeness (QED) is 0.722. The monoisotopic (exact) mass is 283 g/mol. The Labute approximate surface area is 122 Å². The number of anilines is 1. The van der Waals surface area contributed by atoms with E-state index < -0.39 is 0 Å². The molecule has 20 heavy (non-hydrogen) atoms. The molecule has 0 radical (unpaired) electrons. The van der Waals surface area contributed by atoms with Gasteiger partial charge in [-0.3, -0.25) is 0 Å². The van der Waals surface area contributed by atoms with E-state index in [-0.39, 0.29) is 0 Å². The van der Waals surface area contributed by atoms with Gasteiger partial charge >= 0.3 is 0 Å². The maximum absolute atomic E-state index is 4.33. The molecule has 0 saturated carbocycles. The fourth-order valence-electron chi connectivity index (χ4n) is 2.05. The van der Waals surface area contributed by atoms with Gasteiger partial charge in [0, 0.05) is 28.5 Å². The van der Waals surface area contributed by atoms with Crippen LogP contribution in [-0.2, 0) is 0 Å². The van der Waals surface area contributed by atoms with Gasteiger partial charge in [-0.1, -0.05) is 36.9 Å². The molecule has 0 aliphatic rings. The van der Waals surface area contributed by atoms with Gasteiger partial charge in [0.05, 0.1) is 5.03 Å². The van der Waals surface area contributed by atoms with Crippen molar-refractivity contribution in [1.29, 1.82) is 0 Å². The van der Waals surface area contributed by atoms with Gasteiger partial charge in [0.25, 0.3) is 0 Å². The molecule has 0 bridgehead atoms. The molecule has 102 valence electrons. The smallest absolute Gasteiger partial charge is 0.127 e. The van der Waals surface area contributed by atoms with E-state index in [2.05, 4.69) is 52.5 Å². The highest BCUT2D eigenvalue weighted by molar-refractivity contribution is 7.99. The number of pyridine rings is 1. The molecule has 3 nitrogen and oxygen atoms in total. The number of H-pyrrole nitrogens is 1. The Morgan fingerprint density at radius 1 is 1.20 bits per heavy atom. The second kappa shape index (κ2) is 6.01. The molecule has 3 aromatic rings. The van der Waals surface area contributed by atoms with Crippen LogP contribution in [0.15, 0.2) is 58.6 Å². The SMILES string of the molecule is CCCNc1cc(Sc2cc3ccccc3[nH]2)ccn1. The first-order valence-corrected chi connectivity index (χ1v) is 7.62. The summed E-state index contributed by atoms with van der Waals surface area (Å²) in [5, 5.41) is 5.71. The number of aromatic amines is 1. The normalized spacial score (nSPS) is 10.8. The van der Waals surface area contributed by atoms with E-state index in [4.69, 9.17) is 0 Å². The fraction of sp³-hybridized carbons (Fsp3) is 0.188. The molecule has 0 amide bonds. The van der Waals surface area contributed by atoms with Crippen molar-refractivity contribution in [3.63, 3.8) is 0 Å². The molecule has 0 aliphatic carbocycles. The van der Waals surface area contributed by atoms with Gasteiger partial charge in [-0.2, -0.15) is 0 Å². The van der Waals surface area contributed by atoms with Crippen LogP contribution >= 0.6 is 11.8 Å². The first-order valence-electron chi connectivity index (χ1n) is 6.80. The van der Waals surface area contributed by atoms with E-state index in [1.165, 1.54) is 15.8 Å². The van der Waals surface area contributed by atoms with Crippen LogP contribution in [0.2, 0.25) is 0 Å². The first kappa shape index (κ1) is 13.1. The number of benzene rings is 1. The van der Waals surface area contributed by atoms with E-state index in [0.29, 0.717) is 0 Å². The molecule has 0 aliphatic heterocycles. The molecule has 2 N–H and O–H groups in total. The molecule has 1 aromatic carbocycles. The van der Waals surface area contributed by atoms with Gasteiger partial charge in [0.1, 0.15) is 5.82 Å². The lowest BCUT2D eigenvalue weighted by Crippen LogP contribution is -2.01. The number of rotatable bonds is 5. The van der Waals surface area contributed by atoms with Gasteiger partial charge in [-0.05, 0) is 30.7 Å². The fourth-order valence-corrected chi connectivity index (χ4v) is 2.95. The number of fused-ring (bicyclic) bond motifs is 1. The minimum Gasteiger partial charge on any atom is -0.370 e. The molecule has 0 fully saturated rings. The molecule has 0 atom stereocenters. The average molecular weight is 283 g/mol. The number of nitrogens with zero attached hydrogens (tertiary/aromatic N) is 1. The highest BCUT2D eigenvalue weighted by Crippen LogP contribution is 2.30. The molecule has 0 saturated heterocycles. The zero-order valence-electron chi connectivity index (χ0n) is 11.4. The van der Waals surface area contributed by atoms with Crippen molar-refractivity contribution in [2.75, 3.05) is 11.9 Å². The first-order chi connectivity index (χ1) is 9.85. The number of aromatic nitrogens is 2. The summed E-state index contributed by atoms with van der Waals surface area (Å²) in [7, 11) is 0. The Morgan fingerprint density at radius 3 is 2.95 bits per heavy atom. The molecule has 4 heteroatoms. The Bertz CT molecular complexity index is 673. The molecule has 0 spiro atoms. The van der Waals surface area contributed by atoms with Crippen molar-refractivity contribution < 1.29 is 0 Å². The van der Waals surface area contributed by atoms with Crippen LogP contribution in [0.3, 0.4) is 0 Å². The van der Waals surface area contributed by atoms with Crippen LogP contribution in [0.1, 0.15) is 13.3 Å². The van der Waals surface area contributed by atoms with Crippen molar-refractivity contribution >= 4 is 28.5 Å². The minimum absolute atomic E-state index is 0.938. The molecule has 2 heterocycles. The van der Waals surface area contributed by atoms with Crippen LogP contribution in [0.25, 0.3) is 10.9 Å². The lowest BCUT2D eigenvalue weighted by Gasteiger charge is -2.05. The topological polar surface area (TPSA) is 40.7 Å². The summed E-state index contributed by atoms with van der Waals surface area (Å²) < 4.78 is 0. The maximum Gasteiger partial charge on any atom is 0.127 e. The van der Waals surface area contributed by atoms with Crippen molar-refractivity contribution in [3.8, 4) is 0 Å². The van der Waals surface area contributed by atoms with Gasteiger partial charge in [-0.15, -0.1) is 0 Å². The van der Waals surface area contributed by atoms with Gasteiger partial charge in [0.2, 0.25) is 0 Å². The third-order valence-electron chi connectivity index (χ3n) is 3.02. The zero-order chi connectivity index (χ0) is 13.8. The van der Waals surface area contributed by atoms with Crippen LogP contribution < -0.4 is 5.32 Å². The summed E-state index contributed by atoms with van der Waals surface area (Å²) in [6.07, 6.45) is 2.95. The van der Waals surface area contributed by atoms with E-state index in [0.717, 1.165) is 23.8 Å². The highest BCUT2D eigenvalue weighted by atomic mass is 32.2. The number of hydrogen-bond donors (Lipinski definition) is 2. The number of nitrogens with one attached hydrogen (secondary N) is 2. The molecule has 2 aromatic heterocycles. The Balaban J connectivity index is 1.79. The predicted molar refractivity (Wildman–Crippen MR) is 85.4 cm³/mol. The predicted octanol–water partition coefficient (Wildman–Crippen LogP) is 4.54. The van der Waals surface area contributed by atoms with E-state index in [1.807, 2.05) is 18.3 Å². The summed E-state index contributed by atoms with van der Waals surface area (Å²) in [6, 6.07) is 14.6. The van der Waals surface area contributed by atoms with Crippen LogP contribution in [0.5, 0.6) is 0 Å². The van der Waals surface area contributed by atoms with E-state index in [1.54, 1.807) is 11.8 Å². The van der Waals surface area contributed by atoms with E-state index in [9.17, 15) is 0 Å². The molecule has 3 rings (SSSR count). The standard InChI is InChI=1S/C16H17N3S/c1-2-8-17-15-11-13(7-9-18-15)20-16-10-12-5-3-4-6-14(12)19-16/h3-7,9-11,19H,2,8H2,1H3,(H,17,18). The lowest BCUT2D eigenvalue weighted by atomic mass is 10.3. The zero-order valence-corrected chi connectivity index (χ0v) is 12.2. The van der Waals surface area contributed by atoms with Crippen LogP contribution in [-0.4, -0.2) is 16.5 Å². The van der Waals surface area contributed by atoms with Gasteiger partial charge < -0.3 is 10.3 Å². The Kier molecular flexibility index (Phi) is 3.92. The maximum atomic E-state index is 4.33. The third kappa shape index (κ3) is 2.96. The summed E-state index contributed by atoms with van der Waals surface area (Å²) >= 11 is 1.73. The van der Waals surface area contributed by atoms with Crippen LogP contribution in [0, 0.1) is 0 Å². The molecular formula is C16H17N3S. The van der Waals surface area contributed by atoms with Crippen molar-refractivity contribution in [3.05, 3.63) is 48.7 Å². The largest absolute Gasteiger partial charge is 0.370 e.